The van der Waals surface area contributed by atoms with E-state index in [1.54, 1.807) is 18.2 Å². The van der Waals surface area contributed by atoms with Gasteiger partial charge in [0.05, 0.1) is 16.6 Å². The summed E-state index contributed by atoms with van der Waals surface area (Å²) >= 11 is 12.8. The van der Waals surface area contributed by atoms with Gasteiger partial charge in [0.25, 0.3) is 5.91 Å². The van der Waals surface area contributed by atoms with Gasteiger partial charge in [-0.15, -0.1) is 10.2 Å². The summed E-state index contributed by atoms with van der Waals surface area (Å²) in [6.07, 6.45) is 0. The van der Waals surface area contributed by atoms with E-state index in [-0.39, 0.29) is 19.1 Å². The second kappa shape index (κ2) is 6.74. The molecule has 0 spiro atoms. The number of ether oxygens (including phenoxy) is 1. The van der Waals surface area contributed by atoms with Gasteiger partial charge >= 0.3 is 0 Å². The van der Waals surface area contributed by atoms with Crippen molar-refractivity contribution in [3.8, 4) is 5.75 Å². The van der Waals surface area contributed by atoms with Crippen molar-refractivity contribution in [1.82, 2.24) is 15.5 Å². The molecule has 20 heavy (non-hydrogen) atoms. The zero-order valence-electron chi connectivity index (χ0n) is 10.1. The molecule has 0 atom stereocenters. The van der Waals surface area contributed by atoms with Crippen molar-refractivity contribution < 1.29 is 9.53 Å². The molecular formula is C11H10Cl2N4O2S. The normalized spacial score (nSPS) is 10.3. The van der Waals surface area contributed by atoms with Crippen LogP contribution < -0.4 is 15.8 Å². The van der Waals surface area contributed by atoms with E-state index in [4.69, 9.17) is 33.7 Å². The zero-order chi connectivity index (χ0) is 14.5. The molecule has 0 aliphatic heterocycles. The number of nitrogens with zero attached hydrogens (tertiary/aromatic N) is 2. The number of benzene rings is 1. The highest BCUT2D eigenvalue weighted by Gasteiger charge is 2.06. The highest BCUT2D eigenvalue weighted by molar-refractivity contribution is 7.15. The van der Waals surface area contributed by atoms with Crippen molar-refractivity contribution in [2.75, 3.05) is 12.3 Å². The van der Waals surface area contributed by atoms with E-state index in [1.807, 2.05) is 0 Å². The Kier molecular flexibility index (Phi) is 4.99. The minimum Gasteiger partial charge on any atom is -0.484 e. The number of nitrogen functional groups attached to an aromatic ring is 1. The fourth-order valence-electron chi connectivity index (χ4n) is 1.28. The van der Waals surface area contributed by atoms with E-state index in [0.29, 0.717) is 25.9 Å². The van der Waals surface area contributed by atoms with Gasteiger partial charge in [-0.25, -0.2) is 0 Å². The molecule has 0 fully saturated rings. The van der Waals surface area contributed by atoms with Crippen LogP contribution in [0.1, 0.15) is 5.01 Å². The molecule has 106 valence electrons. The first kappa shape index (κ1) is 14.8. The first-order chi connectivity index (χ1) is 9.54. The minimum atomic E-state index is -0.287. The molecule has 1 aromatic heterocycles. The molecule has 6 nitrogen and oxygen atoms in total. The van der Waals surface area contributed by atoms with E-state index in [9.17, 15) is 4.79 Å². The smallest absolute Gasteiger partial charge is 0.258 e. The molecule has 3 N–H and O–H groups in total. The molecule has 1 heterocycles. The lowest BCUT2D eigenvalue weighted by atomic mass is 10.3. The fourth-order valence-corrected chi connectivity index (χ4v) is 2.12. The Labute approximate surface area is 128 Å². The van der Waals surface area contributed by atoms with Crippen LogP contribution in [-0.4, -0.2) is 22.7 Å². The summed E-state index contributed by atoms with van der Waals surface area (Å²) in [4.78, 5) is 11.6. The van der Waals surface area contributed by atoms with Crippen molar-refractivity contribution in [1.29, 1.82) is 0 Å². The van der Waals surface area contributed by atoms with Crippen LogP contribution in [0, 0.1) is 0 Å². The number of carbonyl (C=O) groups excluding carboxylic acids is 1. The molecule has 0 aliphatic rings. The molecule has 2 rings (SSSR count). The van der Waals surface area contributed by atoms with Gasteiger partial charge in [-0.2, -0.15) is 0 Å². The lowest BCUT2D eigenvalue weighted by Crippen LogP contribution is -2.28. The van der Waals surface area contributed by atoms with E-state index in [1.165, 1.54) is 11.3 Å². The first-order valence-corrected chi connectivity index (χ1v) is 7.04. The lowest BCUT2D eigenvalue weighted by Gasteiger charge is -2.07. The second-order valence-electron chi connectivity index (χ2n) is 3.68. The Morgan fingerprint density at radius 3 is 2.80 bits per heavy atom. The van der Waals surface area contributed by atoms with Crippen molar-refractivity contribution >= 4 is 45.6 Å². The number of aromatic nitrogens is 2. The van der Waals surface area contributed by atoms with E-state index in [0.717, 1.165) is 0 Å². The quantitative estimate of drug-likeness (QED) is 0.875. The number of amides is 1. The van der Waals surface area contributed by atoms with Crippen molar-refractivity contribution in [3.05, 3.63) is 33.3 Å². The molecule has 0 saturated carbocycles. The number of nitrogens with two attached hydrogens (primary N) is 1. The Morgan fingerprint density at radius 1 is 1.35 bits per heavy atom. The number of rotatable bonds is 5. The van der Waals surface area contributed by atoms with E-state index in [2.05, 4.69) is 15.5 Å². The number of halogens is 2. The summed E-state index contributed by atoms with van der Waals surface area (Å²) in [7, 11) is 0. The zero-order valence-corrected chi connectivity index (χ0v) is 12.4. The standard InChI is InChI=1S/C11H10Cl2N4O2S/c12-7-2-1-6(3-8(7)13)19-5-9(18)15-4-10-16-17-11(14)20-10/h1-3H,4-5H2,(H2,14,17)(H,15,18). The van der Waals surface area contributed by atoms with Crippen LogP contribution in [0.25, 0.3) is 0 Å². The summed E-state index contributed by atoms with van der Waals surface area (Å²) in [6.45, 7) is 0.130. The maximum absolute atomic E-state index is 11.6. The fraction of sp³-hybridized carbons (Fsp3) is 0.182. The van der Waals surface area contributed by atoms with Crippen molar-refractivity contribution in [2.24, 2.45) is 0 Å². The van der Waals surface area contributed by atoms with Gasteiger partial charge in [-0.1, -0.05) is 34.5 Å². The molecule has 9 heteroatoms. The predicted octanol–water partition coefficient (Wildman–Crippen LogP) is 2.12. The van der Waals surface area contributed by atoms with Crippen molar-refractivity contribution in [3.63, 3.8) is 0 Å². The van der Waals surface area contributed by atoms with Gasteiger partial charge in [-0.3, -0.25) is 4.79 Å². The van der Waals surface area contributed by atoms with Crippen LogP contribution in [-0.2, 0) is 11.3 Å². The SMILES string of the molecule is Nc1nnc(CNC(=O)COc2ccc(Cl)c(Cl)c2)s1. The van der Waals surface area contributed by atoms with Gasteiger partial charge in [0, 0.05) is 6.07 Å². The average Bonchev–Trinajstić information content (AvgIpc) is 2.83. The summed E-state index contributed by atoms with van der Waals surface area (Å²) < 4.78 is 5.28. The maximum atomic E-state index is 11.6. The lowest BCUT2D eigenvalue weighted by molar-refractivity contribution is -0.123. The predicted molar refractivity (Wildman–Crippen MR) is 78.1 cm³/mol. The average molecular weight is 333 g/mol. The van der Waals surface area contributed by atoms with Crippen molar-refractivity contribution in [2.45, 2.75) is 6.54 Å². The molecule has 1 aromatic carbocycles. The monoisotopic (exact) mass is 332 g/mol. The van der Waals surface area contributed by atoms with Crippen LogP contribution in [0.4, 0.5) is 5.13 Å². The number of nitrogens with one attached hydrogen (secondary N) is 1. The first-order valence-electron chi connectivity index (χ1n) is 5.47. The number of anilines is 1. The van der Waals surface area contributed by atoms with Crippen LogP contribution in [0.15, 0.2) is 18.2 Å². The Morgan fingerprint density at radius 2 is 2.15 bits per heavy atom. The number of hydrogen-bond acceptors (Lipinski definition) is 6. The summed E-state index contributed by atoms with van der Waals surface area (Å²) in [5.41, 5.74) is 5.43. The summed E-state index contributed by atoms with van der Waals surface area (Å²) in [6, 6.07) is 4.77. The van der Waals surface area contributed by atoms with Gasteiger partial charge in [-0.05, 0) is 12.1 Å². The molecule has 0 unspecified atom stereocenters. The molecule has 0 bridgehead atoms. The molecule has 0 aliphatic carbocycles. The molecule has 2 aromatic rings. The maximum Gasteiger partial charge on any atom is 0.258 e. The minimum absolute atomic E-state index is 0.133. The van der Waals surface area contributed by atoms with Crippen LogP contribution in [0.5, 0.6) is 5.75 Å². The molecule has 0 saturated heterocycles. The second-order valence-corrected chi connectivity index (χ2v) is 5.58. The molecule has 0 radical (unpaired) electrons. The Hall–Kier alpha value is -1.57. The van der Waals surface area contributed by atoms with Crippen LogP contribution >= 0.6 is 34.5 Å². The molecule has 1 amide bonds. The third-order valence-electron chi connectivity index (χ3n) is 2.18. The van der Waals surface area contributed by atoms with Gasteiger partial charge in [0.2, 0.25) is 5.13 Å². The van der Waals surface area contributed by atoms with Gasteiger partial charge < -0.3 is 15.8 Å². The Bertz CT molecular complexity index is 620. The largest absolute Gasteiger partial charge is 0.484 e. The van der Waals surface area contributed by atoms with Crippen LogP contribution in [0.2, 0.25) is 10.0 Å². The number of carbonyl (C=O) groups is 1. The van der Waals surface area contributed by atoms with E-state index >= 15 is 0 Å². The third kappa shape index (κ3) is 4.22. The highest BCUT2D eigenvalue weighted by atomic mass is 35.5. The Balaban J connectivity index is 1.78. The van der Waals surface area contributed by atoms with Crippen LogP contribution in [0.3, 0.4) is 0 Å². The molecular weight excluding hydrogens is 323 g/mol. The third-order valence-corrected chi connectivity index (χ3v) is 3.67. The number of hydrogen-bond donors (Lipinski definition) is 2. The summed E-state index contributed by atoms with van der Waals surface area (Å²) in [5.74, 6) is 0.180. The van der Waals surface area contributed by atoms with E-state index < -0.39 is 0 Å². The van der Waals surface area contributed by atoms with Gasteiger partial charge in [0.1, 0.15) is 10.8 Å². The topological polar surface area (TPSA) is 90.1 Å². The van der Waals surface area contributed by atoms with Gasteiger partial charge in [0.15, 0.2) is 6.61 Å². The highest BCUT2D eigenvalue weighted by Crippen LogP contribution is 2.26. The summed E-state index contributed by atoms with van der Waals surface area (Å²) in [5, 5.41) is 11.9.